The smallest absolute Gasteiger partial charge is 0.306 e. The summed E-state index contributed by atoms with van der Waals surface area (Å²) in [4.78, 5) is 12.2. The fourth-order valence-electron chi connectivity index (χ4n) is 1.81. The van der Waals surface area contributed by atoms with E-state index in [0.29, 0.717) is 0 Å². The van der Waals surface area contributed by atoms with Crippen LogP contribution in [0.15, 0.2) is 54.6 Å². The number of benzene rings is 2. The Bertz CT molecular complexity index is 706. The van der Waals surface area contributed by atoms with Gasteiger partial charge in [-0.25, -0.2) is 0 Å². The molecular weight excluding hydrogens is 276 g/mol. The van der Waals surface area contributed by atoms with E-state index in [1.165, 1.54) is 6.07 Å². The monoisotopic (exact) mass is 290 g/mol. The largest absolute Gasteiger partial charge is 0.382 e. The fraction of sp³-hybridized carbons (Fsp3) is 0.133. The molecule has 0 saturated heterocycles. The van der Waals surface area contributed by atoms with Crippen LogP contribution in [0.25, 0.3) is 0 Å². The second-order valence-corrected chi connectivity index (χ2v) is 5.94. The van der Waals surface area contributed by atoms with Crippen molar-refractivity contribution in [1.82, 2.24) is 0 Å². The molecule has 2 rings (SSSR count). The number of hydrogen-bond donors (Lipinski definition) is 0. The summed E-state index contributed by atoms with van der Waals surface area (Å²) in [5.74, 6) is -0.119. The molecular formula is C15H14O4S. The van der Waals surface area contributed by atoms with E-state index in [9.17, 15) is 13.2 Å². The summed E-state index contributed by atoms with van der Waals surface area (Å²) >= 11 is 0. The van der Waals surface area contributed by atoms with Gasteiger partial charge in [-0.3, -0.25) is 4.79 Å². The molecule has 0 aliphatic heterocycles. The Balaban J connectivity index is 2.26. The van der Waals surface area contributed by atoms with Gasteiger partial charge >= 0.3 is 10.1 Å². The molecule has 0 atom stereocenters. The number of carbonyl (C=O) groups is 1. The first-order valence-electron chi connectivity index (χ1n) is 6.01. The van der Waals surface area contributed by atoms with Crippen molar-refractivity contribution in [2.45, 2.75) is 6.42 Å². The molecule has 2 aromatic rings. The van der Waals surface area contributed by atoms with Crippen molar-refractivity contribution in [3.63, 3.8) is 0 Å². The Labute approximate surface area is 118 Å². The molecule has 0 bridgehead atoms. The van der Waals surface area contributed by atoms with Gasteiger partial charge in [0.25, 0.3) is 0 Å². The summed E-state index contributed by atoms with van der Waals surface area (Å²) in [6, 6.07) is 15.6. The molecule has 104 valence electrons. The average Bonchev–Trinajstić information content (AvgIpc) is 2.38. The van der Waals surface area contributed by atoms with Crippen LogP contribution in [0.4, 0.5) is 0 Å². The van der Waals surface area contributed by atoms with Gasteiger partial charge < -0.3 is 4.18 Å². The molecule has 0 radical (unpaired) electrons. The van der Waals surface area contributed by atoms with E-state index in [4.69, 9.17) is 4.18 Å². The lowest BCUT2D eigenvalue weighted by Gasteiger charge is -2.08. The lowest BCUT2D eigenvalue weighted by Crippen LogP contribution is -2.11. The molecule has 0 fully saturated rings. The van der Waals surface area contributed by atoms with Crippen molar-refractivity contribution in [2.24, 2.45) is 0 Å². The third-order valence-corrected chi connectivity index (χ3v) is 3.12. The highest BCUT2D eigenvalue weighted by Crippen LogP contribution is 2.21. The second kappa shape index (κ2) is 5.88. The molecule has 0 heterocycles. The van der Waals surface area contributed by atoms with Crippen LogP contribution in [0.3, 0.4) is 0 Å². The van der Waals surface area contributed by atoms with Gasteiger partial charge in [-0.1, -0.05) is 42.5 Å². The average molecular weight is 290 g/mol. The van der Waals surface area contributed by atoms with Gasteiger partial charge in [0, 0.05) is 6.42 Å². The summed E-state index contributed by atoms with van der Waals surface area (Å²) in [5.41, 5.74) is 1.13. The minimum atomic E-state index is -3.66. The van der Waals surface area contributed by atoms with Crippen LogP contribution in [0.1, 0.15) is 15.9 Å². The molecule has 0 aromatic heterocycles. The maximum atomic E-state index is 12.2. The highest BCUT2D eigenvalue weighted by molar-refractivity contribution is 7.86. The van der Waals surface area contributed by atoms with E-state index in [-0.39, 0.29) is 23.5 Å². The number of hydrogen-bond acceptors (Lipinski definition) is 4. The standard InChI is InChI=1S/C15H14O4S/c1-20(17,18)19-15-10-6-5-9-13(15)14(16)11-12-7-3-2-4-8-12/h2-10H,11H2,1H3. The van der Waals surface area contributed by atoms with Crippen molar-refractivity contribution in [1.29, 1.82) is 0 Å². The molecule has 20 heavy (non-hydrogen) atoms. The SMILES string of the molecule is CS(=O)(=O)Oc1ccccc1C(=O)Cc1ccccc1. The van der Waals surface area contributed by atoms with E-state index in [2.05, 4.69) is 0 Å². The molecule has 5 heteroatoms. The molecule has 0 saturated carbocycles. The molecule has 0 unspecified atom stereocenters. The van der Waals surface area contributed by atoms with Crippen LogP contribution in [0, 0.1) is 0 Å². The van der Waals surface area contributed by atoms with Gasteiger partial charge in [-0.15, -0.1) is 0 Å². The van der Waals surface area contributed by atoms with Crippen LogP contribution in [0.5, 0.6) is 5.75 Å². The predicted octanol–water partition coefficient (Wildman–Crippen LogP) is 2.45. The van der Waals surface area contributed by atoms with E-state index in [0.717, 1.165) is 11.8 Å². The van der Waals surface area contributed by atoms with Gasteiger partial charge in [0.15, 0.2) is 11.5 Å². The van der Waals surface area contributed by atoms with Crippen LogP contribution < -0.4 is 4.18 Å². The van der Waals surface area contributed by atoms with Crippen LogP contribution >= 0.6 is 0 Å². The van der Waals surface area contributed by atoms with E-state index >= 15 is 0 Å². The van der Waals surface area contributed by atoms with Crippen LogP contribution in [-0.2, 0) is 16.5 Å². The number of carbonyl (C=O) groups excluding carboxylic acids is 1. The zero-order valence-electron chi connectivity index (χ0n) is 10.9. The Hall–Kier alpha value is -2.14. The van der Waals surface area contributed by atoms with Crippen molar-refractivity contribution >= 4 is 15.9 Å². The Morgan fingerprint density at radius 2 is 1.60 bits per heavy atom. The number of para-hydroxylation sites is 1. The molecule has 0 spiro atoms. The Morgan fingerprint density at radius 3 is 2.25 bits per heavy atom. The van der Waals surface area contributed by atoms with Crippen LogP contribution in [-0.4, -0.2) is 20.5 Å². The summed E-state index contributed by atoms with van der Waals surface area (Å²) in [7, 11) is -3.66. The molecule has 0 aliphatic rings. The number of rotatable bonds is 5. The summed E-state index contributed by atoms with van der Waals surface area (Å²) in [6.07, 6.45) is 1.15. The lowest BCUT2D eigenvalue weighted by atomic mass is 10.0. The third-order valence-electron chi connectivity index (χ3n) is 2.64. The number of Topliss-reactive ketones (excluding diaryl/α,β-unsaturated/α-hetero) is 1. The fourth-order valence-corrected chi connectivity index (χ4v) is 2.28. The maximum absolute atomic E-state index is 12.2. The lowest BCUT2D eigenvalue weighted by molar-refractivity contribution is 0.0991. The molecule has 0 aliphatic carbocycles. The molecule has 0 N–H and O–H groups in total. The summed E-state index contributed by atoms with van der Waals surface area (Å²) < 4.78 is 27.2. The summed E-state index contributed by atoms with van der Waals surface area (Å²) in [6.45, 7) is 0. The zero-order chi connectivity index (χ0) is 14.6. The topological polar surface area (TPSA) is 60.4 Å². The van der Waals surface area contributed by atoms with Gasteiger partial charge in [0.2, 0.25) is 0 Å². The summed E-state index contributed by atoms with van der Waals surface area (Å²) in [5, 5.41) is 0. The van der Waals surface area contributed by atoms with Crippen LogP contribution in [0.2, 0.25) is 0 Å². The normalized spacial score (nSPS) is 11.1. The zero-order valence-corrected chi connectivity index (χ0v) is 11.8. The van der Waals surface area contributed by atoms with E-state index in [1.807, 2.05) is 30.3 Å². The van der Waals surface area contributed by atoms with Crippen molar-refractivity contribution < 1.29 is 17.4 Å². The highest BCUT2D eigenvalue weighted by atomic mass is 32.2. The van der Waals surface area contributed by atoms with Crippen molar-refractivity contribution in [3.05, 3.63) is 65.7 Å². The molecule has 2 aromatic carbocycles. The van der Waals surface area contributed by atoms with E-state index < -0.39 is 10.1 Å². The van der Waals surface area contributed by atoms with Gasteiger partial charge in [-0.05, 0) is 17.7 Å². The van der Waals surface area contributed by atoms with Crippen molar-refractivity contribution in [2.75, 3.05) is 6.26 Å². The molecule has 4 nitrogen and oxygen atoms in total. The molecule has 0 amide bonds. The highest BCUT2D eigenvalue weighted by Gasteiger charge is 2.15. The van der Waals surface area contributed by atoms with Gasteiger partial charge in [-0.2, -0.15) is 8.42 Å². The first-order chi connectivity index (χ1) is 9.46. The van der Waals surface area contributed by atoms with Gasteiger partial charge in [0.1, 0.15) is 0 Å². The minimum absolute atomic E-state index is 0.0657. The first-order valence-corrected chi connectivity index (χ1v) is 7.83. The van der Waals surface area contributed by atoms with Crippen molar-refractivity contribution in [3.8, 4) is 5.75 Å². The number of ketones is 1. The quantitative estimate of drug-likeness (QED) is 0.627. The minimum Gasteiger partial charge on any atom is -0.382 e. The first kappa shape index (κ1) is 14.3. The third kappa shape index (κ3) is 3.93. The maximum Gasteiger partial charge on any atom is 0.306 e. The Morgan fingerprint density at radius 1 is 1.00 bits per heavy atom. The predicted molar refractivity (Wildman–Crippen MR) is 76.4 cm³/mol. The van der Waals surface area contributed by atoms with Gasteiger partial charge in [0.05, 0.1) is 11.8 Å². The van der Waals surface area contributed by atoms with E-state index in [1.54, 1.807) is 18.2 Å². The second-order valence-electron chi connectivity index (χ2n) is 4.37. The Kier molecular flexibility index (Phi) is 4.20.